The van der Waals surface area contributed by atoms with Gasteiger partial charge in [-0.2, -0.15) is 18.3 Å². The largest absolute Gasteiger partial charge is 0.505 e. The number of benzene rings is 2. The van der Waals surface area contributed by atoms with Crippen LogP contribution in [0.5, 0.6) is 5.75 Å². The third-order valence-corrected chi connectivity index (χ3v) is 4.50. The standard InChI is InChI=1S/C18H11Cl2F4N3O2/c19-11-4-9(5-12(20)16(11)28)14-6-15(27-26-14)17(29)25-7-8-1-2-13(21)10(3-8)18(22,23)24/h1-6,28H,7H2,(H,25,29)(H,26,27). The lowest BCUT2D eigenvalue weighted by atomic mass is 10.1. The minimum absolute atomic E-state index is 0.00159. The summed E-state index contributed by atoms with van der Waals surface area (Å²) >= 11 is 11.7. The molecule has 0 bridgehead atoms. The Labute approximate surface area is 171 Å². The molecule has 152 valence electrons. The number of rotatable bonds is 4. The van der Waals surface area contributed by atoms with Gasteiger partial charge < -0.3 is 10.4 Å². The Morgan fingerprint density at radius 3 is 2.41 bits per heavy atom. The third kappa shape index (κ3) is 4.63. The van der Waals surface area contributed by atoms with E-state index in [1.165, 1.54) is 18.2 Å². The number of aromatic hydroxyl groups is 1. The van der Waals surface area contributed by atoms with Crippen molar-refractivity contribution in [3.05, 3.63) is 69.1 Å². The van der Waals surface area contributed by atoms with Crippen molar-refractivity contribution in [3.8, 4) is 17.0 Å². The number of nitrogens with zero attached hydrogens (tertiary/aromatic N) is 1. The Bertz CT molecular complexity index is 1060. The lowest BCUT2D eigenvalue weighted by Crippen LogP contribution is -2.23. The highest BCUT2D eigenvalue weighted by molar-refractivity contribution is 6.37. The first-order valence-electron chi connectivity index (χ1n) is 7.94. The number of aromatic amines is 1. The summed E-state index contributed by atoms with van der Waals surface area (Å²) in [6.45, 7) is -0.257. The second-order valence-electron chi connectivity index (χ2n) is 5.95. The maximum absolute atomic E-state index is 13.3. The number of hydrogen-bond donors (Lipinski definition) is 3. The van der Waals surface area contributed by atoms with Gasteiger partial charge in [0.1, 0.15) is 11.5 Å². The molecular formula is C18H11Cl2F4N3O2. The van der Waals surface area contributed by atoms with Gasteiger partial charge in [0.2, 0.25) is 0 Å². The average molecular weight is 448 g/mol. The molecule has 5 nitrogen and oxygen atoms in total. The van der Waals surface area contributed by atoms with Crippen LogP contribution in [0.25, 0.3) is 11.3 Å². The summed E-state index contributed by atoms with van der Waals surface area (Å²) in [5.74, 6) is -2.32. The summed E-state index contributed by atoms with van der Waals surface area (Å²) < 4.78 is 51.6. The van der Waals surface area contributed by atoms with Crippen molar-refractivity contribution in [2.24, 2.45) is 0 Å². The molecule has 2 aromatic carbocycles. The molecule has 11 heteroatoms. The second kappa shape index (κ2) is 7.92. The fourth-order valence-corrected chi connectivity index (χ4v) is 2.96. The number of aromatic nitrogens is 2. The van der Waals surface area contributed by atoms with Crippen molar-refractivity contribution in [2.75, 3.05) is 0 Å². The zero-order valence-corrected chi connectivity index (χ0v) is 15.8. The Morgan fingerprint density at radius 1 is 1.14 bits per heavy atom. The maximum Gasteiger partial charge on any atom is 0.419 e. The highest BCUT2D eigenvalue weighted by Crippen LogP contribution is 2.36. The van der Waals surface area contributed by atoms with Gasteiger partial charge in [-0.1, -0.05) is 29.3 Å². The zero-order valence-electron chi connectivity index (χ0n) is 14.2. The highest BCUT2D eigenvalue weighted by Gasteiger charge is 2.34. The number of phenolic OH excluding ortho intramolecular Hbond substituents is 1. The van der Waals surface area contributed by atoms with Crippen molar-refractivity contribution >= 4 is 29.1 Å². The number of halogens is 6. The number of amides is 1. The van der Waals surface area contributed by atoms with Crippen LogP contribution >= 0.6 is 23.2 Å². The lowest BCUT2D eigenvalue weighted by molar-refractivity contribution is -0.140. The fourth-order valence-electron chi connectivity index (χ4n) is 2.48. The molecule has 0 atom stereocenters. The zero-order chi connectivity index (χ0) is 21.3. The summed E-state index contributed by atoms with van der Waals surface area (Å²) in [6.07, 6.45) is -4.84. The molecule has 3 rings (SSSR count). The number of carbonyl (C=O) groups excluding carboxylic acids is 1. The normalized spacial score (nSPS) is 11.5. The predicted molar refractivity (Wildman–Crippen MR) is 98.3 cm³/mol. The van der Waals surface area contributed by atoms with E-state index in [-0.39, 0.29) is 33.6 Å². The van der Waals surface area contributed by atoms with Crippen LogP contribution in [0.1, 0.15) is 21.6 Å². The quantitative estimate of drug-likeness (QED) is 0.482. The van der Waals surface area contributed by atoms with Gasteiger partial charge in [-0.05, 0) is 35.9 Å². The van der Waals surface area contributed by atoms with Crippen molar-refractivity contribution in [3.63, 3.8) is 0 Å². The Morgan fingerprint density at radius 2 is 1.79 bits per heavy atom. The van der Waals surface area contributed by atoms with E-state index in [2.05, 4.69) is 15.5 Å². The minimum Gasteiger partial charge on any atom is -0.505 e. The number of nitrogens with one attached hydrogen (secondary N) is 2. The van der Waals surface area contributed by atoms with Gasteiger partial charge in [0, 0.05) is 12.1 Å². The third-order valence-electron chi connectivity index (χ3n) is 3.92. The van der Waals surface area contributed by atoms with E-state index in [0.29, 0.717) is 23.4 Å². The van der Waals surface area contributed by atoms with Crippen LogP contribution in [0.2, 0.25) is 10.0 Å². The molecule has 0 fully saturated rings. The van der Waals surface area contributed by atoms with Gasteiger partial charge in [-0.15, -0.1) is 0 Å². The van der Waals surface area contributed by atoms with Gasteiger partial charge in [0.05, 0.1) is 21.3 Å². The van der Waals surface area contributed by atoms with Gasteiger partial charge in [-0.25, -0.2) is 4.39 Å². The van der Waals surface area contributed by atoms with Crippen molar-refractivity contribution < 1.29 is 27.5 Å². The summed E-state index contributed by atoms with van der Waals surface area (Å²) in [7, 11) is 0. The Hall–Kier alpha value is -2.78. The molecule has 0 aliphatic rings. The van der Waals surface area contributed by atoms with E-state index in [9.17, 15) is 27.5 Å². The molecule has 0 aliphatic carbocycles. The van der Waals surface area contributed by atoms with E-state index in [1.54, 1.807) is 0 Å². The van der Waals surface area contributed by atoms with Crippen molar-refractivity contribution in [1.29, 1.82) is 0 Å². The molecule has 0 unspecified atom stereocenters. The molecule has 1 heterocycles. The van der Waals surface area contributed by atoms with Crippen LogP contribution < -0.4 is 5.32 Å². The predicted octanol–water partition coefficient (Wildman–Crippen LogP) is 5.18. The monoisotopic (exact) mass is 447 g/mol. The molecule has 0 saturated heterocycles. The fraction of sp³-hybridized carbons (Fsp3) is 0.111. The Balaban J connectivity index is 1.73. The Kier molecular flexibility index (Phi) is 5.72. The first-order valence-corrected chi connectivity index (χ1v) is 8.69. The first-order chi connectivity index (χ1) is 13.6. The van der Waals surface area contributed by atoms with Crippen molar-refractivity contribution in [1.82, 2.24) is 15.5 Å². The van der Waals surface area contributed by atoms with Crippen molar-refractivity contribution in [2.45, 2.75) is 12.7 Å². The molecule has 0 aliphatic heterocycles. The first kappa shape index (κ1) is 20.9. The van der Waals surface area contributed by atoms with Gasteiger partial charge >= 0.3 is 6.18 Å². The molecule has 3 aromatic rings. The molecular weight excluding hydrogens is 437 g/mol. The van der Waals surface area contributed by atoms with E-state index in [0.717, 1.165) is 6.07 Å². The number of alkyl halides is 3. The van der Waals surface area contributed by atoms with Crippen LogP contribution in [0.4, 0.5) is 17.6 Å². The van der Waals surface area contributed by atoms with Gasteiger partial charge in [0.25, 0.3) is 5.91 Å². The van der Waals surface area contributed by atoms with Gasteiger partial charge in [-0.3, -0.25) is 9.89 Å². The highest BCUT2D eigenvalue weighted by atomic mass is 35.5. The molecule has 1 aromatic heterocycles. The van der Waals surface area contributed by atoms with Crippen LogP contribution in [0.15, 0.2) is 36.4 Å². The average Bonchev–Trinajstić information content (AvgIpc) is 3.14. The second-order valence-corrected chi connectivity index (χ2v) is 6.76. The lowest BCUT2D eigenvalue weighted by Gasteiger charge is -2.10. The SMILES string of the molecule is O=C(NCc1ccc(F)c(C(F)(F)F)c1)c1cc(-c2cc(Cl)c(O)c(Cl)c2)n[nH]1. The number of H-pyrrole nitrogens is 1. The van der Waals surface area contributed by atoms with Crippen LogP contribution in [-0.4, -0.2) is 21.2 Å². The summed E-state index contributed by atoms with van der Waals surface area (Å²) in [4.78, 5) is 12.2. The number of hydrogen-bond acceptors (Lipinski definition) is 3. The summed E-state index contributed by atoms with van der Waals surface area (Å²) in [6, 6.07) is 6.64. The molecule has 3 N–H and O–H groups in total. The molecule has 0 radical (unpaired) electrons. The number of phenols is 1. The topological polar surface area (TPSA) is 78.0 Å². The minimum atomic E-state index is -4.84. The van der Waals surface area contributed by atoms with E-state index >= 15 is 0 Å². The van der Waals surface area contributed by atoms with Crippen LogP contribution in [0, 0.1) is 5.82 Å². The van der Waals surface area contributed by atoms with Gasteiger partial charge in [0.15, 0.2) is 5.75 Å². The molecule has 0 spiro atoms. The molecule has 0 saturated carbocycles. The van der Waals surface area contributed by atoms with Crippen LogP contribution in [0.3, 0.4) is 0 Å². The number of carbonyl (C=O) groups is 1. The van der Waals surface area contributed by atoms with Crippen LogP contribution in [-0.2, 0) is 12.7 Å². The van der Waals surface area contributed by atoms with E-state index in [1.807, 2.05) is 0 Å². The molecule has 1 amide bonds. The van der Waals surface area contributed by atoms with E-state index in [4.69, 9.17) is 23.2 Å². The maximum atomic E-state index is 13.3. The smallest absolute Gasteiger partial charge is 0.419 e. The summed E-state index contributed by atoms with van der Waals surface area (Å²) in [5, 5.41) is 18.4. The molecule has 29 heavy (non-hydrogen) atoms. The van der Waals surface area contributed by atoms with E-state index < -0.39 is 23.5 Å². The summed E-state index contributed by atoms with van der Waals surface area (Å²) in [5.41, 5.74) is -0.571.